The van der Waals surface area contributed by atoms with E-state index >= 15 is 0 Å². The van der Waals surface area contributed by atoms with Crippen LogP contribution in [0.2, 0.25) is 0 Å². The minimum atomic E-state index is -0.0414. The lowest BCUT2D eigenvalue weighted by Gasteiger charge is -2.15. The quantitative estimate of drug-likeness (QED) is 0.759. The van der Waals surface area contributed by atoms with Crippen molar-refractivity contribution in [2.75, 3.05) is 12.4 Å². The summed E-state index contributed by atoms with van der Waals surface area (Å²) in [4.78, 5) is 11.2. The Labute approximate surface area is 103 Å². The minimum absolute atomic E-state index is 0.0414. The van der Waals surface area contributed by atoms with E-state index in [9.17, 15) is 4.79 Å². The molecule has 1 heterocycles. The molecule has 1 atom stereocenters. The van der Waals surface area contributed by atoms with Gasteiger partial charge in [-0.15, -0.1) is 0 Å². The fourth-order valence-electron chi connectivity index (χ4n) is 1.71. The number of carbonyl (C=O) groups is 1. The second kappa shape index (κ2) is 6.93. The molecule has 0 radical (unpaired) electrons. The van der Waals surface area contributed by atoms with Crippen molar-refractivity contribution < 1.29 is 4.79 Å². The average molecular weight is 238 g/mol. The Morgan fingerprint density at radius 1 is 1.53 bits per heavy atom. The zero-order chi connectivity index (χ0) is 12.7. The van der Waals surface area contributed by atoms with Crippen molar-refractivity contribution in [3.05, 3.63) is 12.4 Å². The molecule has 1 unspecified atom stereocenters. The molecular weight excluding hydrogens is 216 g/mol. The summed E-state index contributed by atoms with van der Waals surface area (Å²) >= 11 is 0. The highest BCUT2D eigenvalue weighted by molar-refractivity contribution is 5.75. The molecule has 1 rings (SSSR count). The molecule has 96 valence electrons. The zero-order valence-corrected chi connectivity index (χ0v) is 10.9. The monoisotopic (exact) mass is 238 g/mol. The molecular formula is C12H22N4O. The third-order valence-electron chi connectivity index (χ3n) is 2.72. The van der Waals surface area contributed by atoms with Crippen molar-refractivity contribution in [1.29, 1.82) is 0 Å². The maximum absolute atomic E-state index is 11.2. The van der Waals surface area contributed by atoms with E-state index in [4.69, 9.17) is 0 Å². The predicted octanol–water partition coefficient (Wildman–Crippen LogP) is 1.62. The Morgan fingerprint density at radius 3 is 2.88 bits per heavy atom. The molecule has 5 heteroatoms. The first-order chi connectivity index (χ1) is 8.19. The van der Waals surface area contributed by atoms with Crippen LogP contribution in [-0.2, 0) is 11.3 Å². The number of aromatic nitrogens is 2. The van der Waals surface area contributed by atoms with Gasteiger partial charge in [0, 0.05) is 19.3 Å². The average Bonchev–Trinajstić information content (AvgIpc) is 2.75. The molecule has 0 aromatic carbocycles. The SMILES string of the molecule is CCCC(CC)Nc1cnn(CC(=O)NC)c1. The van der Waals surface area contributed by atoms with Crippen LogP contribution in [0.4, 0.5) is 5.69 Å². The molecule has 0 aliphatic heterocycles. The van der Waals surface area contributed by atoms with Crippen molar-refractivity contribution in [3.63, 3.8) is 0 Å². The number of amides is 1. The van der Waals surface area contributed by atoms with Gasteiger partial charge in [0.05, 0.1) is 11.9 Å². The molecule has 0 aliphatic rings. The molecule has 0 saturated carbocycles. The molecule has 17 heavy (non-hydrogen) atoms. The van der Waals surface area contributed by atoms with Crippen LogP contribution >= 0.6 is 0 Å². The maximum atomic E-state index is 11.2. The van der Waals surface area contributed by atoms with Gasteiger partial charge in [0.2, 0.25) is 5.91 Å². The van der Waals surface area contributed by atoms with E-state index in [-0.39, 0.29) is 12.5 Å². The van der Waals surface area contributed by atoms with E-state index in [1.165, 1.54) is 0 Å². The van der Waals surface area contributed by atoms with E-state index in [0.717, 1.165) is 24.9 Å². The zero-order valence-electron chi connectivity index (χ0n) is 10.9. The standard InChI is InChI=1S/C12H22N4O/c1-4-6-10(5-2)15-11-7-14-16(8-11)9-12(17)13-3/h7-8,10,15H,4-6,9H2,1-3H3,(H,13,17). The van der Waals surface area contributed by atoms with Crippen molar-refractivity contribution in [2.45, 2.75) is 45.7 Å². The first-order valence-electron chi connectivity index (χ1n) is 6.19. The molecule has 1 aromatic heterocycles. The van der Waals surface area contributed by atoms with E-state index in [0.29, 0.717) is 6.04 Å². The number of hydrogen-bond acceptors (Lipinski definition) is 3. The van der Waals surface area contributed by atoms with Gasteiger partial charge in [0.1, 0.15) is 6.54 Å². The number of hydrogen-bond donors (Lipinski definition) is 2. The number of nitrogens with zero attached hydrogens (tertiary/aromatic N) is 2. The maximum Gasteiger partial charge on any atom is 0.241 e. The topological polar surface area (TPSA) is 59.0 Å². The smallest absolute Gasteiger partial charge is 0.241 e. The molecule has 0 aliphatic carbocycles. The van der Waals surface area contributed by atoms with E-state index < -0.39 is 0 Å². The van der Waals surface area contributed by atoms with Crippen LogP contribution < -0.4 is 10.6 Å². The molecule has 0 spiro atoms. The third-order valence-corrected chi connectivity index (χ3v) is 2.72. The number of anilines is 1. The van der Waals surface area contributed by atoms with Crippen molar-refractivity contribution in [1.82, 2.24) is 15.1 Å². The number of rotatable bonds is 7. The van der Waals surface area contributed by atoms with Crippen molar-refractivity contribution in [2.24, 2.45) is 0 Å². The minimum Gasteiger partial charge on any atom is -0.380 e. The molecule has 0 bridgehead atoms. The van der Waals surface area contributed by atoms with Gasteiger partial charge in [0.15, 0.2) is 0 Å². The fraction of sp³-hybridized carbons (Fsp3) is 0.667. The highest BCUT2D eigenvalue weighted by Crippen LogP contribution is 2.11. The Kier molecular flexibility index (Phi) is 5.52. The summed E-state index contributed by atoms with van der Waals surface area (Å²) in [6, 6.07) is 0.484. The van der Waals surface area contributed by atoms with E-state index in [1.807, 2.05) is 6.20 Å². The second-order valence-electron chi connectivity index (χ2n) is 4.14. The number of likely N-dealkylation sites (N-methyl/N-ethyl adjacent to an activating group) is 1. The summed E-state index contributed by atoms with van der Waals surface area (Å²) < 4.78 is 1.64. The Balaban J connectivity index is 2.52. The summed E-state index contributed by atoms with van der Waals surface area (Å²) in [5, 5.41) is 10.1. The first-order valence-corrected chi connectivity index (χ1v) is 6.19. The van der Waals surface area contributed by atoms with Crippen molar-refractivity contribution >= 4 is 11.6 Å². The largest absolute Gasteiger partial charge is 0.380 e. The Hall–Kier alpha value is -1.52. The molecule has 1 aromatic rings. The van der Waals surface area contributed by atoms with Gasteiger partial charge in [0.25, 0.3) is 0 Å². The van der Waals surface area contributed by atoms with Gasteiger partial charge in [-0.25, -0.2) is 0 Å². The van der Waals surface area contributed by atoms with E-state index in [1.54, 1.807) is 17.9 Å². The molecule has 1 amide bonds. The van der Waals surface area contributed by atoms with Gasteiger partial charge in [-0.2, -0.15) is 5.10 Å². The van der Waals surface area contributed by atoms with Crippen LogP contribution in [-0.4, -0.2) is 28.8 Å². The summed E-state index contributed by atoms with van der Waals surface area (Å²) in [5.74, 6) is -0.0414. The normalized spacial score (nSPS) is 12.2. The summed E-state index contributed by atoms with van der Waals surface area (Å²) in [6.07, 6.45) is 7.04. The molecule has 0 fully saturated rings. The van der Waals surface area contributed by atoms with E-state index in [2.05, 4.69) is 29.6 Å². The van der Waals surface area contributed by atoms with Gasteiger partial charge in [-0.05, 0) is 12.8 Å². The third kappa shape index (κ3) is 4.46. The summed E-state index contributed by atoms with van der Waals surface area (Å²) in [6.45, 7) is 4.62. The highest BCUT2D eigenvalue weighted by Gasteiger charge is 2.07. The lowest BCUT2D eigenvalue weighted by Crippen LogP contribution is -2.23. The summed E-state index contributed by atoms with van der Waals surface area (Å²) in [7, 11) is 1.62. The van der Waals surface area contributed by atoms with Crippen LogP contribution in [0.1, 0.15) is 33.1 Å². The lowest BCUT2D eigenvalue weighted by atomic mass is 10.1. The molecule has 5 nitrogen and oxygen atoms in total. The van der Waals surface area contributed by atoms with Crippen LogP contribution in [0.5, 0.6) is 0 Å². The van der Waals surface area contributed by atoms with Crippen LogP contribution in [0.25, 0.3) is 0 Å². The number of carbonyl (C=O) groups excluding carboxylic acids is 1. The fourth-order valence-corrected chi connectivity index (χ4v) is 1.71. The van der Waals surface area contributed by atoms with Crippen LogP contribution in [0, 0.1) is 0 Å². The van der Waals surface area contributed by atoms with Gasteiger partial charge in [-0.1, -0.05) is 20.3 Å². The first kappa shape index (κ1) is 13.5. The van der Waals surface area contributed by atoms with Gasteiger partial charge in [-0.3, -0.25) is 9.48 Å². The molecule has 2 N–H and O–H groups in total. The predicted molar refractivity (Wildman–Crippen MR) is 68.9 cm³/mol. The van der Waals surface area contributed by atoms with Crippen molar-refractivity contribution in [3.8, 4) is 0 Å². The molecule has 0 saturated heterocycles. The van der Waals surface area contributed by atoms with Crippen LogP contribution in [0.15, 0.2) is 12.4 Å². The Bertz CT molecular complexity index is 348. The number of nitrogens with one attached hydrogen (secondary N) is 2. The van der Waals surface area contributed by atoms with Crippen LogP contribution in [0.3, 0.4) is 0 Å². The highest BCUT2D eigenvalue weighted by atomic mass is 16.1. The lowest BCUT2D eigenvalue weighted by molar-refractivity contribution is -0.121. The second-order valence-corrected chi connectivity index (χ2v) is 4.14. The van der Waals surface area contributed by atoms with Gasteiger partial charge >= 0.3 is 0 Å². The van der Waals surface area contributed by atoms with Gasteiger partial charge < -0.3 is 10.6 Å². The Morgan fingerprint density at radius 2 is 2.29 bits per heavy atom. The summed E-state index contributed by atoms with van der Waals surface area (Å²) in [5.41, 5.74) is 0.981.